The summed E-state index contributed by atoms with van der Waals surface area (Å²) < 4.78 is 27.5. The maximum atomic E-state index is 12.5. The number of carbonyl (C=O) groups excluding carboxylic acids is 1. The van der Waals surface area contributed by atoms with Gasteiger partial charge in [-0.1, -0.05) is 49.2 Å². The molecule has 0 fully saturated rings. The third-order valence-corrected chi connectivity index (χ3v) is 6.40. The molecule has 2 aromatic carbocycles. The zero-order chi connectivity index (χ0) is 22.5. The fourth-order valence-electron chi connectivity index (χ4n) is 3.05. The molecule has 0 aliphatic rings. The molecule has 0 bridgehead atoms. The van der Waals surface area contributed by atoms with Crippen molar-refractivity contribution in [2.75, 3.05) is 31.9 Å². The Hall–Kier alpha value is -1.80. The van der Waals surface area contributed by atoms with Crippen LogP contribution in [0.15, 0.2) is 47.4 Å². The average Bonchev–Trinajstić information content (AvgIpc) is 2.63. The Morgan fingerprint density at radius 3 is 2.23 bits per heavy atom. The number of amides is 1. The number of hydrogen-bond acceptors (Lipinski definition) is 4. The topological polar surface area (TPSA) is 78.5 Å². The maximum absolute atomic E-state index is 12.5. The summed E-state index contributed by atoms with van der Waals surface area (Å²) >= 11 is 11.7. The van der Waals surface area contributed by atoms with Gasteiger partial charge in [-0.3, -0.25) is 9.52 Å². The zero-order valence-corrected chi connectivity index (χ0v) is 19.8. The minimum absolute atomic E-state index is 0.0145. The molecule has 2 rings (SSSR count). The molecule has 2 aromatic rings. The molecule has 0 heterocycles. The van der Waals surface area contributed by atoms with E-state index in [1.807, 2.05) is 14.1 Å². The van der Waals surface area contributed by atoms with Crippen LogP contribution in [0.4, 0.5) is 5.69 Å². The first kappa shape index (κ1) is 24.5. The van der Waals surface area contributed by atoms with Crippen LogP contribution in [0.2, 0.25) is 10.0 Å². The SMILES string of the molecule is CN(C)CC(C)(C)CNC(=O)Cc1ccc(NS(=O)(=O)c2ccc(Cl)c(Cl)c2)cc1. The largest absolute Gasteiger partial charge is 0.355 e. The molecule has 0 saturated heterocycles. The average molecular weight is 472 g/mol. The first-order valence-corrected chi connectivity index (χ1v) is 11.6. The molecular formula is C21H27Cl2N3O3S. The van der Waals surface area contributed by atoms with Crippen LogP contribution in [0.25, 0.3) is 0 Å². The van der Waals surface area contributed by atoms with Crippen LogP contribution >= 0.6 is 23.2 Å². The third-order valence-electron chi connectivity index (χ3n) is 4.28. The van der Waals surface area contributed by atoms with E-state index in [4.69, 9.17) is 23.2 Å². The predicted molar refractivity (Wildman–Crippen MR) is 123 cm³/mol. The van der Waals surface area contributed by atoms with Crippen molar-refractivity contribution >= 4 is 44.8 Å². The number of benzene rings is 2. The van der Waals surface area contributed by atoms with Crippen molar-refractivity contribution in [3.05, 3.63) is 58.1 Å². The van der Waals surface area contributed by atoms with Gasteiger partial charge in [0.05, 0.1) is 21.4 Å². The van der Waals surface area contributed by atoms with Crippen LogP contribution in [-0.2, 0) is 21.2 Å². The lowest BCUT2D eigenvalue weighted by Gasteiger charge is -2.28. The molecule has 30 heavy (non-hydrogen) atoms. The second-order valence-corrected chi connectivity index (χ2v) is 10.7. The van der Waals surface area contributed by atoms with Crippen LogP contribution in [0.3, 0.4) is 0 Å². The Bertz CT molecular complexity index is 991. The number of carbonyl (C=O) groups is 1. The van der Waals surface area contributed by atoms with Crippen molar-refractivity contribution < 1.29 is 13.2 Å². The standard InChI is InChI=1S/C21H27Cl2N3O3S/c1-21(2,14-26(3)4)13-24-20(27)11-15-5-7-16(8-6-15)25-30(28,29)17-9-10-18(22)19(23)12-17/h5-10,12,25H,11,13-14H2,1-4H3,(H,24,27). The van der Waals surface area contributed by atoms with Crippen LogP contribution in [0.1, 0.15) is 19.4 Å². The minimum Gasteiger partial charge on any atom is -0.355 e. The zero-order valence-electron chi connectivity index (χ0n) is 17.5. The molecule has 0 unspecified atom stereocenters. The molecule has 0 saturated carbocycles. The van der Waals surface area contributed by atoms with Gasteiger partial charge in [0.15, 0.2) is 0 Å². The Morgan fingerprint density at radius 1 is 1.03 bits per heavy atom. The van der Waals surface area contributed by atoms with Crippen molar-refractivity contribution in [2.24, 2.45) is 5.41 Å². The fourth-order valence-corrected chi connectivity index (χ4v) is 4.49. The number of halogens is 2. The number of nitrogens with one attached hydrogen (secondary N) is 2. The first-order valence-electron chi connectivity index (χ1n) is 9.36. The Balaban J connectivity index is 1.96. The summed E-state index contributed by atoms with van der Waals surface area (Å²) in [5.41, 5.74) is 1.14. The molecule has 9 heteroatoms. The summed E-state index contributed by atoms with van der Waals surface area (Å²) in [6.45, 7) is 5.64. The van der Waals surface area contributed by atoms with Gasteiger partial charge in [-0.15, -0.1) is 0 Å². The molecule has 6 nitrogen and oxygen atoms in total. The van der Waals surface area contributed by atoms with E-state index in [1.54, 1.807) is 24.3 Å². The molecule has 0 aliphatic carbocycles. The maximum Gasteiger partial charge on any atom is 0.261 e. The third kappa shape index (κ3) is 7.47. The summed E-state index contributed by atoms with van der Waals surface area (Å²) in [6.07, 6.45) is 0.220. The van der Waals surface area contributed by atoms with Crippen molar-refractivity contribution in [1.29, 1.82) is 0 Å². The monoisotopic (exact) mass is 471 g/mol. The Labute approximate surface area is 188 Å². The van der Waals surface area contributed by atoms with Crippen molar-refractivity contribution in [3.63, 3.8) is 0 Å². The van der Waals surface area contributed by atoms with Crippen LogP contribution < -0.4 is 10.0 Å². The highest BCUT2D eigenvalue weighted by molar-refractivity contribution is 7.92. The lowest BCUT2D eigenvalue weighted by molar-refractivity contribution is -0.120. The predicted octanol–water partition coefficient (Wildman–Crippen LogP) is 4.04. The van der Waals surface area contributed by atoms with E-state index in [-0.39, 0.29) is 32.7 Å². The van der Waals surface area contributed by atoms with Gasteiger partial charge in [0, 0.05) is 18.8 Å². The smallest absolute Gasteiger partial charge is 0.261 e. The lowest BCUT2D eigenvalue weighted by atomic mass is 9.93. The van der Waals surface area contributed by atoms with Gasteiger partial charge in [-0.2, -0.15) is 0 Å². The molecule has 0 aliphatic heterocycles. The molecule has 2 N–H and O–H groups in total. The van der Waals surface area contributed by atoms with Crippen molar-refractivity contribution in [2.45, 2.75) is 25.2 Å². The second kappa shape index (κ2) is 10.0. The van der Waals surface area contributed by atoms with Gasteiger partial charge in [0.1, 0.15) is 0 Å². The van der Waals surface area contributed by atoms with Crippen LogP contribution in [-0.4, -0.2) is 46.4 Å². The molecule has 164 valence electrons. The number of nitrogens with zero attached hydrogens (tertiary/aromatic N) is 1. The summed E-state index contributed by atoms with van der Waals surface area (Å²) in [6, 6.07) is 10.8. The lowest BCUT2D eigenvalue weighted by Crippen LogP contribution is -2.40. The fraction of sp³-hybridized carbons (Fsp3) is 0.381. The van der Waals surface area contributed by atoms with Gasteiger partial charge in [-0.05, 0) is 55.4 Å². The van der Waals surface area contributed by atoms with Gasteiger partial charge in [0.2, 0.25) is 5.91 Å². The van der Waals surface area contributed by atoms with E-state index in [1.165, 1.54) is 18.2 Å². The summed E-state index contributed by atoms with van der Waals surface area (Å²) in [4.78, 5) is 14.3. The molecule has 1 amide bonds. The molecule has 0 spiro atoms. The summed E-state index contributed by atoms with van der Waals surface area (Å²) in [7, 11) is 0.202. The van der Waals surface area contributed by atoms with Gasteiger partial charge in [0.25, 0.3) is 10.0 Å². The number of rotatable bonds is 9. The second-order valence-electron chi connectivity index (χ2n) is 8.23. The summed E-state index contributed by atoms with van der Waals surface area (Å²) in [5.74, 6) is -0.0778. The summed E-state index contributed by atoms with van der Waals surface area (Å²) in [5, 5.41) is 3.40. The van der Waals surface area contributed by atoms with Crippen molar-refractivity contribution in [3.8, 4) is 0 Å². The normalized spacial score (nSPS) is 12.1. The quantitative estimate of drug-likeness (QED) is 0.578. The van der Waals surface area contributed by atoms with Gasteiger partial charge < -0.3 is 10.2 Å². The Kier molecular flexibility index (Phi) is 8.16. The first-order chi connectivity index (χ1) is 13.9. The van der Waals surface area contributed by atoms with E-state index in [0.29, 0.717) is 12.2 Å². The number of anilines is 1. The van der Waals surface area contributed by atoms with E-state index < -0.39 is 10.0 Å². The number of hydrogen-bond donors (Lipinski definition) is 2. The van der Waals surface area contributed by atoms with E-state index in [0.717, 1.165) is 12.1 Å². The van der Waals surface area contributed by atoms with Gasteiger partial charge >= 0.3 is 0 Å². The minimum atomic E-state index is -3.80. The van der Waals surface area contributed by atoms with Crippen LogP contribution in [0, 0.1) is 5.41 Å². The van der Waals surface area contributed by atoms with E-state index >= 15 is 0 Å². The molecule has 0 radical (unpaired) electrons. The molecule has 0 atom stereocenters. The highest BCUT2D eigenvalue weighted by atomic mass is 35.5. The van der Waals surface area contributed by atoms with E-state index in [2.05, 4.69) is 28.8 Å². The highest BCUT2D eigenvalue weighted by Crippen LogP contribution is 2.26. The Morgan fingerprint density at radius 2 is 1.67 bits per heavy atom. The van der Waals surface area contributed by atoms with Gasteiger partial charge in [-0.25, -0.2) is 8.42 Å². The van der Waals surface area contributed by atoms with E-state index in [9.17, 15) is 13.2 Å². The molecular weight excluding hydrogens is 445 g/mol. The number of sulfonamides is 1. The van der Waals surface area contributed by atoms with Crippen molar-refractivity contribution in [1.82, 2.24) is 10.2 Å². The molecule has 0 aromatic heterocycles. The van der Waals surface area contributed by atoms with Crippen LogP contribution in [0.5, 0.6) is 0 Å². The highest BCUT2D eigenvalue weighted by Gasteiger charge is 2.20.